The van der Waals surface area contributed by atoms with Gasteiger partial charge in [-0.3, -0.25) is 19.1 Å². The number of aromatic nitrogens is 1. The Kier molecular flexibility index (Phi) is 7.15. The van der Waals surface area contributed by atoms with Crippen LogP contribution in [0.5, 0.6) is 0 Å². The summed E-state index contributed by atoms with van der Waals surface area (Å²) in [4.78, 5) is 38.5. The number of hydrogen-bond acceptors (Lipinski definition) is 6. The number of allylic oxidation sites excluding steroid dienone is 1. The Balaban J connectivity index is 1.55. The second-order valence-corrected chi connectivity index (χ2v) is 9.75. The number of nitrogens with zero attached hydrogens (tertiary/aromatic N) is 2. The molecule has 2 aliphatic rings. The van der Waals surface area contributed by atoms with Crippen LogP contribution >= 0.6 is 23.4 Å². The summed E-state index contributed by atoms with van der Waals surface area (Å²) < 4.78 is 47.5. The van der Waals surface area contributed by atoms with Gasteiger partial charge in [-0.15, -0.1) is 23.4 Å². The number of carbonyl (C=O) groups excluding carboxylic acids is 2. The van der Waals surface area contributed by atoms with Crippen LogP contribution < -0.4 is 15.8 Å². The van der Waals surface area contributed by atoms with Crippen molar-refractivity contribution in [3.05, 3.63) is 69.0 Å². The fourth-order valence-corrected chi connectivity index (χ4v) is 4.91. The van der Waals surface area contributed by atoms with Crippen molar-refractivity contribution in [3.63, 3.8) is 0 Å². The van der Waals surface area contributed by atoms with E-state index in [-0.39, 0.29) is 35.0 Å². The molecule has 2 atom stereocenters. The number of nitrogens with one attached hydrogen (secondary N) is 1. The monoisotopic (exact) mass is 529 g/mol. The molecule has 35 heavy (non-hydrogen) atoms. The number of ether oxygens (including phenoxy) is 1. The number of cyclic esters (lactones) is 1. The summed E-state index contributed by atoms with van der Waals surface area (Å²) >= 11 is 7.16. The largest absolute Gasteiger partial charge is 0.442 e. The molecule has 1 fully saturated rings. The highest BCUT2D eigenvalue weighted by Crippen LogP contribution is 2.37. The molecule has 1 aromatic carbocycles. The average Bonchev–Trinajstić information content (AvgIpc) is 3.42. The molecule has 8 nitrogen and oxygen atoms in total. The van der Waals surface area contributed by atoms with Gasteiger partial charge in [-0.25, -0.2) is 4.79 Å². The lowest BCUT2D eigenvalue weighted by atomic mass is 10.1. The van der Waals surface area contributed by atoms with Crippen LogP contribution in [0.25, 0.3) is 5.69 Å². The van der Waals surface area contributed by atoms with Gasteiger partial charge in [-0.2, -0.15) is 13.2 Å². The highest BCUT2D eigenvalue weighted by atomic mass is 35.5. The minimum atomic E-state index is -4.84. The van der Waals surface area contributed by atoms with E-state index in [0.29, 0.717) is 11.3 Å². The molecule has 2 amide bonds. The first-order valence-corrected chi connectivity index (χ1v) is 11.7. The average molecular weight is 530 g/mol. The molecule has 1 unspecified atom stereocenters. The van der Waals surface area contributed by atoms with Crippen LogP contribution in [-0.4, -0.2) is 45.6 Å². The number of carbonyl (C=O) groups is 2. The zero-order valence-electron chi connectivity index (χ0n) is 17.9. The number of anilines is 1. The summed E-state index contributed by atoms with van der Waals surface area (Å²) in [6, 6.07) is 5.78. The van der Waals surface area contributed by atoms with Gasteiger partial charge in [-0.1, -0.05) is 6.08 Å². The minimum Gasteiger partial charge on any atom is -0.442 e. The van der Waals surface area contributed by atoms with Crippen molar-refractivity contribution in [2.45, 2.75) is 30.0 Å². The molecule has 0 spiro atoms. The predicted octanol–water partition coefficient (Wildman–Crippen LogP) is 3.38. The lowest BCUT2D eigenvalue weighted by Gasteiger charge is -2.19. The first-order valence-electron chi connectivity index (χ1n) is 10.4. The third-order valence-corrected chi connectivity index (χ3v) is 6.88. The number of amides is 2. The van der Waals surface area contributed by atoms with E-state index in [1.165, 1.54) is 36.2 Å². The Morgan fingerprint density at radius 2 is 2.06 bits per heavy atom. The predicted molar refractivity (Wildman–Crippen MR) is 124 cm³/mol. The molecule has 4 rings (SSSR count). The number of aliphatic hydroxyl groups excluding tert-OH is 1. The molecule has 0 aliphatic carbocycles. The standard InChI is InChI=1S/C22H19ClF3N3O5S/c23-18-6-5-17(35-18)19(31)27-9-14-10-29(21(33)34-14)13-3-4-16(15(8-13)22(24,25)26)28-7-1-2-12(11-30)20(28)32/h1-5,7-8,14,18,30H,6,9-11H2,(H,27,31)/t14-,18?/m0/s1. The van der Waals surface area contributed by atoms with Gasteiger partial charge in [0.15, 0.2) is 0 Å². The smallest absolute Gasteiger partial charge is 0.418 e. The summed E-state index contributed by atoms with van der Waals surface area (Å²) in [7, 11) is 0. The Morgan fingerprint density at radius 1 is 1.29 bits per heavy atom. The van der Waals surface area contributed by atoms with E-state index in [4.69, 9.17) is 16.3 Å². The van der Waals surface area contributed by atoms with Crippen molar-refractivity contribution in [2.24, 2.45) is 0 Å². The lowest BCUT2D eigenvalue weighted by molar-refractivity contribution is -0.137. The molecule has 0 saturated carbocycles. The van der Waals surface area contributed by atoms with Crippen LogP contribution in [0.3, 0.4) is 0 Å². The van der Waals surface area contributed by atoms with Crippen LogP contribution in [0.2, 0.25) is 0 Å². The molecule has 13 heteroatoms. The molecule has 186 valence electrons. The van der Waals surface area contributed by atoms with Crippen LogP contribution in [0.1, 0.15) is 17.5 Å². The third-order valence-electron chi connectivity index (χ3n) is 5.38. The Bertz CT molecular complexity index is 1250. The maximum atomic E-state index is 13.9. The maximum Gasteiger partial charge on any atom is 0.418 e. The molecule has 1 saturated heterocycles. The topological polar surface area (TPSA) is 101 Å². The summed E-state index contributed by atoms with van der Waals surface area (Å²) in [6.07, 6.45) is -3.06. The molecule has 0 radical (unpaired) electrons. The number of hydrogen-bond donors (Lipinski definition) is 2. The maximum absolute atomic E-state index is 13.9. The number of thioether (sulfide) groups is 1. The zero-order chi connectivity index (χ0) is 25.3. The van der Waals surface area contributed by atoms with Crippen LogP contribution in [0, 0.1) is 0 Å². The summed E-state index contributed by atoms with van der Waals surface area (Å²) in [5.74, 6) is -0.369. The van der Waals surface area contributed by atoms with Crippen molar-refractivity contribution in [3.8, 4) is 5.69 Å². The number of halogens is 4. The van der Waals surface area contributed by atoms with E-state index in [0.717, 1.165) is 21.6 Å². The van der Waals surface area contributed by atoms with Gasteiger partial charge < -0.3 is 15.2 Å². The summed E-state index contributed by atoms with van der Waals surface area (Å²) in [5, 5.41) is 11.9. The number of alkyl halides is 4. The first-order chi connectivity index (χ1) is 16.6. The number of pyridine rings is 1. The van der Waals surface area contributed by atoms with Crippen molar-refractivity contribution >= 4 is 41.1 Å². The van der Waals surface area contributed by atoms with Crippen LogP contribution in [0.15, 0.2) is 52.3 Å². The van der Waals surface area contributed by atoms with Gasteiger partial charge in [0.2, 0.25) is 0 Å². The SMILES string of the molecule is O=C(NC[C@H]1CN(c2ccc(-n3cccc(CO)c3=O)c(C(F)(F)F)c2)C(=O)O1)C1=CCC(Cl)S1. The van der Waals surface area contributed by atoms with Crippen molar-refractivity contribution in [1.29, 1.82) is 0 Å². The zero-order valence-corrected chi connectivity index (χ0v) is 19.5. The number of aliphatic hydroxyl groups is 1. The van der Waals surface area contributed by atoms with Crippen molar-refractivity contribution in [2.75, 3.05) is 18.0 Å². The summed E-state index contributed by atoms with van der Waals surface area (Å²) in [6.45, 7) is -0.738. The van der Waals surface area contributed by atoms with E-state index in [2.05, 4.69) is 5.32 Å². The normalized spacial score (nSPS) is 20.1. The lowest BCUT2D eigenvalue weighted by Crippen LogP contribution is -2.34. The first kappa shape index (κ1) is 25.1. The van der Waals surface area contributed by atoms with Crippen molar-refractivity contribution < 1.29 is 32.6 Å². The van der Waals surface area contributed by atoms with E-state index >= 15 is 0 Å². The Hall–Kier alpha value is -2.96. The Morgan fingerprint density at radius 3 is 2.71 bits per heavy atom. The molecule has 0 bridgehead atoms. The fraction of sp³-hybridized carbons (Fsp3) is 0.318. The fourth-order valence-electron chi connectivity index (χ4n) is 3.69. The molecular weight excluding hydrogens is 511 g/mol. The molecule has 2 aliphatic heterocycles. The number of benzene rings is 1. The second kappa shape index (κ2) is 9.96. The van der Waals surface area contributed by atoms with Gasteiger partial charge >= 0.3 is 12.3 Å². The van der Waals surface area contributed by atoms with Gasteiger partial charge in [0.05, 0.1) is 40.6 Å². The van der Waals surface area contributed by atoms with Crippen LogP contribution in [0.4, 0.5) is 23.7 Å². The Labute approximate surface area is 206 Å². The highest BCUT2D eigenvalue weighted by Gasteiger charge is 2.38. The van der Waals surface area contributed by atoms with Gasteiger partial charge in [0.25, 0.3) is 11.5 Å². The van der Waals surface area contributed by atoms with E-state index in [1.807, 2.05) is 0 Å². The van der Waals surface area contributed by atoms with Crippen molar-refractivity contribution in [1.82, 2.24) is 9.88 Å². The highest BCUT2D eigenvalue weighted by molar-refractivity contribution is 8.05. The van der Waals surface area contributed by atoms with Gasteiger partial charge in [0, 0.05) is 17.4 Å². The number of rotatable bonds is 6. The minimum absolute atomic E-state index is 0.0283. The van der Waals surface area contributed by atoms with E-state index in [9.17, 15) is 32.7 Å². The van der Waals surface area contributed by atoms with Gasteiger partial charge in [0.1, 0.15) is 6.10 Å². The molecule has 2 aromatic rings. The van der Waals surface area contributed by atoms with Gasteiger partial charge in [-0.05, 0) is 36.8 Å². The quantitative estimate of drug-likeness (QED) is 0.557. The molecular formula is C22H19ClF3N3O5S. The van der Waals surface area contributed by atoms with Crippen LogP contribution in [-0.2, 0) is 22.3 Å². The molecule has 2 N–H and O–H groups in total. The van der Waals surface area contributed by atoms with E-state index in [1.54, 1.807) is 6.08 Å². The molecule has 1 aromatic heterocycles. The molecule has 3 heterocycles. The summed E-state index contributed by atoms with van der Waals surface area (Å²) in [5.41, 5.74) is -2.52. The second-order valence-electron chi connectivity index (χ2n) is 7.72. The third kappa shape index (κ3) is 5.34. The van der Waals surface area contributed by atoms with E-state index < -0.39 is 41.8 Å².